The monoisotopic (exact) mass is 325 g/mol. The number of aromatic nitrogens is 1. The van der Waals surface area contributed by atoms with E-state index in [1.807, 2.05) is 24.3 Å². The number of ether oxygens (including phenoxy) is 1. The summed E-state index contributed by atoms with van der Waals surface area (Å²) in [6.07, 6.45) is 1.40. The van der Waals surface area contributed by atoms with Gasteiger partial charge >= 0.3 is 5.97 Å². The maximum absolute atomic E-state index is 11.7. The van der Waals surface area contributed by atoms with Gasteiger partial charge < -0.3 is 4.74 Å². The van der Waals surface area contributed by atoms with Crippen molar-refractivity contribution in [1.29, 1.82) is 0 Å². The van der Waals surface area contributed by atoms with E-state index in [2.05, 4.69) is 20.9 Å². The molecule has 0 radical (unpaired) electrons. The number of carbonyl (C=O) groups excluding carboxylic acids is 1. The Balaban J connectivity index is 1.96. The lowest BCUT2D eigenvalue weighted by atomic mass is 10.2. The maximum atomic E-state index is 11.7. The van der Waals surface area contributed by atoms with E-state index < -0.39 is 5.97 Å². The number of benzene rings is 1. The largest absolute Gasteiger partial charge is 0.457 e. The fourth-order valence-corrected chi connectivity index (χ4v) is 1.69. The number of hydrogen-bond acceptors (Lipinski definition) is 3. The smallest absolute Gasteiger partial charge is 0.340 e. The molecule has 0 atom stereocenters. The predicted molar refractivity (Wildman–Crippen MR) is 72.5 cm³/mol. The normalized spacial score (nSPS) is 10.1. The summed E-state index contributed by atoms with van der Waals surface area (Å²) < 4.78 is 6.14. The standard InChI is InChI=1S/C13H9BrClNO2/c14-11-4-1-9(2-5-11)8-18-13(17)10-3-6-12(15)16-7-10/h1-7H,8H2. The fourth-order valence-electron chi connectivity index (χ4n) is 1.31. The van der Waals surface area contributed by atoms with Gasteiger partial charge in [-0.05, 0) is 29.8 Å². The second-order valence-electron chi connectivity index (χ2n) is 3.57. The van der Waals surface area contributed by atoms with Crippen molar-refractivity contribution in [3.8, 4) is 0 Å². The summed E-state index contributed by atoms with van der Waals surface area (Å²) >= 11 is 8.98. The highest BCUT2D eigenvalue weighted by molar-refractivity contribution is 9.10. The van der Waals surface area contributed by atoms with Gasteiger partial charge in [0.25, 0.3) is 0 Å². The van der Waals surface area contributed by atoms with Crippen molar-refractivity contribution in [3.63, 3.8) is 0 Å². The second kappa shape index (κ2) is 5.98. The van der Waals surface area contributed by atoms with Gasteiger partial charge in [0, 0.05) is 10.7 Å². The van der Waals surface area contributed by atoms with Crippen LogP contribution in [0, 0.1) is 0 Å². The Hall–Kier alpha value is -1.39. The Bertz CT molecular complexity index is 540. The van der Waals surface area contributed by atoms with Crippen molar-refractivity contribution in [2.45, 2.75) is 6.61 Å². The minimum atomic E-state index is -0.415. The third kappa shape index (κ3) is 3.55. The molecular weight excluding hydrogens is 318 g/mol. The van der Waals surface area contributed by atoms with Gasteiger partial charge in [0.2, 0.25) is 0 Å². The lowest BCUT2D eigenvalue weighted by Gasteiger charge is -2.04. The van der Waals surface area contributed by atoms with E-state index in [-0.39, 0.29) is 6.61 Å². The van der Waals surface area contributed by atoms with Crippen LogP contribution < -0.4 is 0 Å². The minimum absolute atomic E-state index is 0.231. The molecule has 5 heteroatoms. The third-order valence-electron chi connectivity index (χ3n) is 2.25. The SMILES string of the molecule is O=C(OCc1ccc(Br)cc1)c1ccc(Cl)nc1. The molecule has 0 unspecified atom stereocenters. The van der Waals surface area contributed by atoms with Crippen LogP contribution in [-0.2, 0) is 11.3 Å². The van der Waals surface area contributed by atoms with Crippen molar-refractivity contribution >= 4 is 33.5 Å². The number of esters is 1. The summed E-state index contributed by atoms with van der Waals surface area (Å²) in [5.41, 5.74) is 1.31. The van der Waals surface area contributed by atoms with Crippen molar-refractivity contribution in [2.75, 3.05) is 0 Å². The summed E-state index contributed by atoms with van der Waals surface area (Å²) in [5, 5.41) is 0.347. The van der Waals surface area contributed by atoms with Crippen molar-refractivity contribution in [2.24, 2.45) is 0 Å². The molecule has 92 valence electrons. The zero-order chi connectivity index (χ0) is 13.0. The zero-order valence-corrected chi connectivity index (χ0v) is 11.6. The van der Waals surface area contributed by atoms with Crippen molar-refractivity contribution in [3.05, 3.63) is 63.3 Å². The average Bonchev–Trinajstić information content (AvgIpc) is 2.38. The molecule has 0 spiro atoms. The van der Waals surface area contributed by atoms with Crippen LogP contribution in [0.5, 0.6) is 0 Å². The Kier molecular flexibility index (Phi) is 4.33. The first-order valence-corrected chi connectivity index (χ1v) is 6.35. The molecule has 0 aliphatic carbocycles. The number of pyridine rings is 1. The molecule has 0 saturated carbocycles. The number of hydrogen-bond donors (Lipinski definition) is 0. The van der Waals surface area contributed by atoms with Crippen LogP contribution in [0.3, 0.4) is 0 Å². The van der Waals surface area contributed by atoms with Gasteiger partial charge in [0.1, 0.15) is 11.8 Å². The Morgan fingerprint density at radius 2 is 1.94 bits per heavy atom. The molecular formula is C13H9BrClNO2. The summed E-state index contributed by atoms with van der Waals surface area (Å²) in [6, 6.07) is 10.7. The second-order valence-corrected chi connectivity index (χ2v) is 4.88. The fraction of sp³-hybridized carbons (Fsp3) is 0.0769. The molecule has 2 aromatic rings. The molecule has 18 heavy (non-hydrogen) atoms. The van der Waals surface area contributed by atoms with E-state index in [1.54, 1.807) is 12.1 Å². The van der Waals surface area contributed by atoms with Gasteiger partial charge in [-0.3, -0.25) is 0 Å². The molecule has 0 bridgehead atoms. The van der Waals surface area contributed by atoms with Gasteiger partial charge in [-0.1, -0.05) is 39.7 Å². The molecule has 3 nitrogen and oxygen atoms in total. The van der Waals surface area contributed by atoms with E-state index in [4.69, 9.17) is 16.3 Å². The van der Waals surface area contributed by atoms with Crippen LogP contribution in [0.2, 0.25) is 5.15 Å². The average molecular weight is 327 g/mol. The maximum Gasteiger partial charge on any atom is 0.340 e. The van der Waals surface area contributed by atoms with E-state index in [0.717, 1.165) is 10.0 Å². The molecule has 1 aromatic heterocycles. The quantitative estimate of drug-likeness (QED) is 0.635. The lowest BCUT2D eigenvalue weighted by molar-refractivity contribution is 0.0472. The van der Waals surface area contributed by atoms with E-state index in [9.17, 15) is 4.79 Å². The zero-order valence-electron chi connectivity index (χ0n) is 9.27. The predicted octanol–water partition coefficient (Wildman–Crippen LogP) is 3.85. The number of halogens is 2. The molecule has 0 aliphatic rings. The van der Waals surface area contributed by atoms with Crippen LogP contribution in [-0.4, -0.2) is 11.0 Å². The third-order valence-corrected chi connectivity index (χ3v) is 3.00. The molecule has 0 saturated heterocycles. The first-order chi connectivity index (χ1) is 8.65. The number of rotatable bonds is 3. The van der Waals surface area contributed by atoms with Gasteiger partial charge in [0.05, 0.1) is 5.56 Å². The lowest BCUT2D eigenvalue weighted by Crippen LogP contribution is -2.05. The summed E-state index contributed by atoms with van der Waals surface area (Å²) in [5.74, 6) is -0.415. The number of carbonyl (C=O) groups is 1. The Morgan fingerprint density at radius 1 is 1.22 bits per heavy atom. The Labute approximate surface area is 118 Å². The summed E-state index contributed by atoms with van der Waals surface area (Å²) in [6.45, 7) is 0.231. The van der Waals surface area contributed by atoms with Crippen molar-refractivity contribution < 1.29 is 9.53 Å². The van der Waals surface area contributed by atoms with E-state index in [0.29, 0.717) is 10.7 Å². The molecule has 0 N–H and O–H groups in total. The Morgan fingerprint density at radius 3 is 2.56 bits per heavy atom. The molecule has 0 fully saturated rings. The van der Waals surface area contributed by atoms with E-state index in [1.165, 1.54) is 6.20 Å². The highest BCUT2D eigenvalue weighted by Crippen LogP contribution is 2.12. The van der Waals surface area contributed by atoms with E-state index >= 15 is 0 Å². The highest BCUT2D eigenvalue weighted by Gasteiger charge is 2.07. The minimum Gasteiger partial charge on any atom is -0.457 e. The molecule has 0 amide bonds. The van der Waals surface area contributed by atoms with Crippen LogP contribution in [0.15, 0.2) is 47.1 Å². The van der Waals surface area contributed by atoms with Crippen LogP contribution >= 0.6 is 27.5 Å². The molecule has 0 aliphatic heterocycles. The molecule has 1 aromatic carbocycles. The molecule has 2 rings (SSSR count). The van der Waals surface area contributed by atoms with Gasteiger partial charge in [-0.15, -0.1) is 0 Å². The number of nitrogens with zero attached hydrogens (tertiary/aromatic N) is 1. The van der Waals surface area contributed by atoms with Crippen LogP contribution in [0.4, 0.5) is 0 Å². The topological polar surface area (TPSA) is 39.2 Å². The van der Waals surface area contributed by atoms with Gasteiger partial charge in [0.15, 0.2) is 0 Å². The van der Waals surface area contributed by atoms with Crippen molar-refractivity contribution in [1.82, 2.24) is 4.98 Å². The van der Waals surface area contributed by atoms with Crippen LogP contribution in [0.1, 0.15) is 15.9 Å². The highest BCUT2D eigenvalue weighted by atomic mass is 79.9. The first kappa shape index (κ1) is 13.1. The summed E-state index contributed by atoms with van der Waals surface area (Å²) in [4.78, 5) is 15.5. The van der Waals surface area contributed by atoms with Gasteiger partial charge in [-0.2, -0.15) is 0 Å². The summed E-state index contributed by atoms with van der Waals surface area (Å²) in [7, 11) is 0. The first-order valence-electron chi connectivity index (χ1n) is 5.18. The van der Waals surface area contributed by atoms with Crippen LogP contribution in [0.25, 0.3) is 0 Å². The molecule has 1 heterocycles. The van der Waals surface area contributed by atoms with Gasteiger partial charge in [-0.25, -0.2) is 9.78 Å².